The molecule has 5 rings (SSSR count). The number of hydrogen-bond donors (Lipinski definition) is 0. The molecule has 0 N–H and O–H groups in total. The van der Waals surface area contributed by atoms with E-state index < -0.39 is 17.6 Å². The topological polar surface area (TPSA) is 32.3 Å². The average molecular weight is 396 g/mol. The summed E-state index contributed by atoms with van der Waals surface area (Å²) in [7, 11) is 0. The van der Waals surface area contributed by atoms with Gasteiger partial charge in [-0.25, -0.2) is 14.4 Å². The van der Waals surface area contributed by atoms with Gasteiger partial charge in [0.2, 0.25) is 0 Å². The van der Waals surface area contributed by atoms with Gasteiger partial charge in [-0.1, -0.05) is 0 Å². The lowest BCUT2D eigenvalue weighted by atomic mass is 10.1. The van der Waals surface area contributed by atoms with Crippen LogP contribution in [-0.4, -0.2) is 47.1 Å². The van der Waals surface area contributed by atoms with E-state index in [1.165, 1.54) is 17.8 Å². The van der Waals surface area contributed by atoms with Crippen molar-refractivity contribution < 1.29 is 17.6 Å². The van der Waals surface area contributed by atoms with Crippen molar-refractivity contribution in [2.75, 3.05) is 31.1 Å². The van der Waals surface area contributed by atoms with E-state index in [9.17, 15) is 17.6 Å². The monoisotopic (exact) mass is 396 g/mol. The summed E-state index contributed by atoms with van der Waals surface area (Å²) in [5, 5.41) is 0.170. The van der Waals surface area contributed by atoms with Crippen LogP contribution in [0.3, 0.4) is 0 Å². The highest BCUT2D eigenvalue weighted by atomic mass is 32.1. The molecule has 142 valence electrons. The minimum atomic E-state index is -4.61. The van der Waals surface area contributed by atoms with E-state index in [0.717, 1.165) is 38.7 Å². The first-order valence-electron chi connectivity index (χ1n) is 8.84. The van der Waals surface area contributed by atoms with Crippen LogP contribution < -0.4 is 4.90 Å². The van der Waals surface area contributed by atoms with E-state index in [0.29, 0.717) is 28.1 Å². The molecule has 0 spiro atoms. The van der Waals surface area contributed by atoms with E-state index in [4.69, 9.17) is 0 Å². The molecule has 2 fully saturated rings. The quantitative estimate of drug-likeness (QED) is 0.575. The van der Waals surface area contributed by atoms with Crippen molar-refractivity contribution >= 4 is 38.3 Å². The molecule has 4 heterocycles. The van der Waals surface area contributed by atoms with Crippen molar-refractivity contribution in [1.29, 1.82) is 0 Å². The van der Waals surface area contributed by atoms with Gasteiger partial charge in [-0.15, -0.1) is 11.3 Å². The van der Waals surface area contributed by atoms with Crippen LogP contribution in [0.4, 0.5) is 23.4 Å². The minimum absolute atomic E-state index is 0.0244. The van der Waals surface area contributed by atoms with Crippen molar-refractivity contribution in [2.45, 2.75) is 25.1 Å². The fraction of sp³-hybridized carbons (Fsp3) is 0.444. The highest BCUT2D eigenvalue weighted by molar-refractivity contribution is 7.17. The third kappa shape index (κ3) is 2.75. The predicted octanol–water partition coefficient (Wildman–Crippen LogP) is 4.29. The summed E-state index contributed by atoms with van der Waals surface area (Å²) < 4.78 is 54.4. The maximum absolute atomic E-state index is 14.6. The molecule has 0 aliphatic carbocycles. The molecule has 0 saturated carbocycles. The summed E-state index contributed by atoms with van der Waals surface area (Å²) in [6.45, 7) is 3.55. The number of hydrogen-bond acceptors (Lipinski definition) is 5. The van der Waals surface area contributed by atoms with Gasteiger partial charge in [-0.05, 0) is 31.5 Å². The second kappa shape index (κ2) is 6.00. The van der Waals surface area contributed by atoms with Crippen molar-refractivity contribution in [3.05, 3.63) is 29.0 Å². The van der Waals surface area contributed by atoms with Gasteiger partial charge in [0, 0.05) is 31.1 Å². The van der Waals surface area contributed by atoms with E-state index in [1.54, 1.807) is 5.51 Å². The van der Waals surface area contributed by atoms with Crippen LogP contribution in [0.2, 0.25) is 0 Å². The van der Waals surface area contributed by atoms with Crippen molar-refractivity contribution in [3.63, 3.8) is 0 Å². The molecule has 0 bridgehead atoms. The van der Waals surface area contributed by atoms with Crippen molar-refractivity contribution in [3.8, 4) is 0 Å². The molecule has 27 heavy (non-hydrogen) atoms. The molecule has 4 nitrogen and oxygen atoms in total. The number of fused-ring (bicyclic) bond motifs is 4. The van der Waals surface area contributed by atoms with Gasteiger partial charge in [-0.3, -0.25) is 4.90 Å². The summed E-state index contributed by atoms with van der Waals surface area (Å²) in [5.41, 5.74) is 1.11. The summed E-state index contributed by atoms with van der Waals surface area (Å²) in [4.78, 5) is 13.3. The molecule has 2 saturated heterocycles. The number of anilines is 1. The van der Waals surface area contributed by atoms with E-state index in [-0.39, 0.29) is 10.9 Å². The number of benzene rings is 1. The number of alkyl halides is 3. The van der Waals surface area contributed by atoms with Crippen LogP contribution in [0, 0.1) is 5.82 Å². The Kier molecular flexibility index (Phi) is 3.80. The first-order chi connectivity index (χ1) is 12.9. The molecular weight excluding hydrogens is 380 g/mol. The zero-order valence-corrected chi connectivity index (χ0v) is 15.1. The van der Waals surface area contributed by atoms with Crippen molar-refractivity contribution in [2.24, 2.45) is 0 Å². The SMILES string of the molecule is Fc1cc(C(F)(F)F)cc2c1nc(N1CCN3CCCC3C1)c1ncsc12. The van der Waals surface area contributed by atoms with Crippen LogP contribution in [0.5, 0.6) is 0 Å². The largest absolute Gasteiger partial charge is 0.416 e. The maximum Gasteiger partial charge on any atom is 0.416 e. The van der Waals surface area contributed by atoms with Gasteiger partial charge >= 0.3 is 6.18 Å². The Morgan fingerprint density at radius 3 is 2.78 bits per heavy atom. The lowest BCUT2D eigenvalue weighted by Crippen LogP contribution is -2.50. The maximum atomic E-state index is 14.6. The van der Waals surface area contributed by atoms with E-state index >= 15 is 0 Å². The van der Waals surface area contributed by atoms with Gasteiger partial charge in [0.1, 0.15) is 16.9 Å². The number of piperazine rings is 1. The van der Waals surface area contributed by atoms with Gasteiger partial charge < -0.3 is 4.90 Å². The molecule has 2 aromatic heterocycles. The minimum Gasteiger partial charge on any atom is -0.352 e. The second-order valence-corrected chi connectivity index (χ2v) is 7.95. The Morgan fingerprint density at radius 2 is 1.96 bits per heavy atom. The third-order valence-corrected chi connectivity index (χ3v) is 6.38. The van der Waals surface area contributed by atoms with Crippen molar-refractivity contribution in [1.82, 2.24) is 14.9 Å². The highest BCUT2D eigenvalue weighted by Crippen LogP contribution is 2.39. The Morgan fingerprint density at radius 1 is 1.11 bits per heavy atom. The van der Waals surface area contributed by atoms with Gasteiger partial charge in [0.15, 0.2) is 5.82 Å². The van der Waals surface area contributed by atoms with E-state index in [1.807, 2.05) is 0 Å². The molecule has 1 atom stereocenters. The number of rotatable bonds is 1. The number of halogens is 4. The number of thiazole rings is 1. The first-order valence-corrected chi connectivity index (χ1v) is 9.72. The number of nitrogens with zero attached hydrogens (tertiary/aromatic N) is 4. The molecule has 2 aliphatic heterocycles. The molecule has 3 aromatic rings. The Hall–Kier alpha value is -2.00. The van der Waals surface area contributed by atoms with Gasteiger partial charge in [0.05, 0.1) is 15.8 Å². The Balaban J connectivity index is 1.67. The summed E-state index contributed by atoms with van der Waals surface area (Å²) in [6.07, 6.45) is -2.32. The zero-order valence-electron chi connectivity index (χ0n) is 14.3. The van der Waals surface area contributed by atoms with Crippen LogP contribution in [0.1, 0.15) is 18.4 Å². The average Bonchev–Trinajstić information content (AvgIpc) is 3.29. The smallest absolute Gasteiger partial charge is 0.352 e. The molecule has 1 unspecified atom stereocenters. The van der Waals surface area contributed by atoms with Gasteiger partial charge in [-0.2, -0.15) is 13.2 Å². The first kappa shape index (κ1) is 17.1. The zero-order chi connectivity index (χ0) is 18.8. The van der Waals surface area contributed by atoms with Gasteiger partial charge in [0.25, 0.3) is 0 Å². The highest BCUT2D eigenvalue weighted by Gasteiger charge is 2.34. The van der Waals surface area contributed by atoms with Crippen LogP contribution in [0.25, 0.3) is 21.1 Å². The Labute approximate surface area is 156 Å². The third-order valence-electron chi connectivity index (χ3n) is 5.52. The molecular formula is C18H16F4N4S. The van der Waals surface area contributed by atoms with E-state index in [2.05, 4.69) is 19.8 Å². The lowest BCUT2D eigenvalue weighted by molar-refractivity contribution is -0.137. The normalized spacial score (nSPS) is 21.3. The van der Waals surface area contributed by atoms with Crippen LogP contribution >= 0.6 is 11.3 Å². The molecule has 0 amide bonds. The fourth-order valence-electron chi connectivity index (χ4n) is 4.21. The molecule has 0 radical (unpaired) electrons. The predicted molar refractivity (Wildman–Crippen MR) is 96.7 cm³/mol. The molecule has 1 aromatic carbocycles. The number of pyridine rings is 1. The lowest BCUT2D eigenvalue weighted by Gasteiger charge is -2.38. The standard InChI is InChI=1S/C18H16F4N4S/c19-13-7-10(18(20,21)22)6-12-14(13)24-17(15-16(12)27-9-23-15)26-5-4-25-3-1-2-11(25)8-26/h6-7,9,11H,1-5,8H2. The second-order valence-electron chi connectivity index (χ2n) is 7.10. The molecule has 2 aliphatic rings. The number of aromatic nitrogens is 2. The fourth-order valence-corrected chi connectivity index (χ4v) is 5.01. The summed E-state index contributed by atoms with van der Waals surface area (Å²) in [5.74, 6) is -0.375. The van der Waals surface area contributed by atoms with Crippen LogP contribution in [0.15, 0.2) is 17.6 Å². The molecule has 9 heteroatoms. The van der Waals surface area contributed by atoms with Crippen LogP contribution in [-0.2, 0) is 6.18 Å². The summed E-state index contributed by atoms with van der Waals surface area (Å²) in [6, 6.07) is 1.95. The Bertz CT molecular complexity index is 1030. The summed E-state index contributed by atoms with van der Waals surface area (Å²) >= 11 is 1.22.